The summed E-state index contributed by atoms with van der Waals surface area (Å²) in [6, 6.07) is 9.83. The van der Waals surface area contributed by atoms with Crippen LogP contribution in [0.1, 0.15) is 34.3 Å². The van der Waals surface area contributed by atoms with Crippen LogP contribution in [-0.2, 0) is 0 Å². The fourth-order valence-electron chi connectivity index (χ4n) is 2.56. The maximum absolute atomic E-state index is 6.01. The summed E-state index contributed by atoms with van der Waals surface area (Å²) in [5.74, 6) is 6.53. The van der Waals surface area contributed by atoms with E-state index in [1.54, 1.807) is 0 Å². The third-order valence-corrected chi connectivity index (χ3v) is 3.66. The summed E-state index contributed by atoms with van der Waals surface area (Å²) < 4.78 is 6.01. The molecular weight excluding hydrogens is 264 g/mol. The summed E-state index contributed by atoms with van der Waals surface area (Å²) in [7, 11) is 0. The van der Waals surface area contributed by atoms with Crippen molar-refractivity contribution in [1.29, 1.82) is 0 Å². The Morgan fingerprint density at radius 2 is 1.95 bits per heavy atom. The maximum Gasteiger partial charge on any atom is 0.137 e. The van der Waals surface area contributed by atoms with Crippen LogP contribution in [0.5, 0.6) is 0 Å². The molecule has 2 aromatic heterocycles. The van der Waals surface area contributed by atoms with Gasteiger partial charge in [0, 0.05) is 10.9 Å². The number of aromatic nitrogens is 2. The lowest BCUT2D eigenvalue weighted by molar-refractivity contribution is 0.473. The van der Waals surface area contributed by atoms with Crippen LogP contribution in [0.4, 0.5) is 0 Å². The third kappa shape index (κ3) is 2.41. The zero-order valence-electron chi connectivity index (χ0n) is 12.3. The van der Waals surface area contributed by atoms with Gasteiger partial charge in [-0.05, 0) is 38.5 Å². The Bertz CT molecular complexity index is 794. The average molecular weight is 282 g/mol. The molecule has 0 aliphatic heterocycles. The Morgan fingerprint density at radius 3 is 2.67 bits per heavy atom. The first-order chi connectivity index (χ1) is 10.1. The van der Waals surface area contributed by atoms with E-state index in [0.717, 1.165) is 39.2 Å². The van der Waals surface area contributed by atoms with Gasteiger partial charge < -0.3 is 4.42 Å². The van der Waals surface area contributed by atoms with Gasteiger partial charge in [0.1, 0.15) is 17.4 Å². The van der Waals surface area contributed by atoms with Gasteiger partial charge in [0.15, 0.2) is 0 Å². The largest absolute Gasteiger partial charge is 0.459 e. The van der Waals surface area contributed by atoms with Crippen LogP contribution in [-0.4, -0.2) is 10.2 Å². The number of hydrogen-bond acceptors (Lipinski definition) is 5. The lowest BCUT2D eigenvalue weighted by Gasteiger charge is -2.15. The van der Waals surface area contributed by atoms with Gasteiger partial charge >= 0.3 is 0 Å². The smallest absolute Gasteiger partial charge is 0.137 e. The minimum Gasteiger partial charge on any atom is -0.459 e. The molecule has 5 nitrogen and oxygen atoms in total. The van der Waals surface area contributed by atoms with Crippen LogP contribution in [0.25, 0.3) is 11.0 Å². The predicted octanol–water partition coefficient (Wildman–Crippen LogP) is 2.70. The number of nitrogens with one attached hydrogen (secondary N) is 1. The molecule has 21 heavy (non-hydrogen) atoms. The lowest BCUT2D eigenvalue weighted by atomic mass is 10.0. The highest BCUT2D eigenvalue weighted by molar-refractivity contribution is 5.81. The van der Waals surface area contributed by atoms with Gasteiger partial charge in [-0.3, -0.25) is 5.84 Å². The van der Waals surface area contributed by atoms with Gasteiger partial charge in [0.25, 0.3) is 0 Å². The minimum atomic E-state index is -0.244. The number of fused-ring (bicyclic) bond motifs is 1. The van der Waals surface area contributed by atoms with Crippen molar-refractivity contribution in [3.05, 3.63) is 58.6 Å². The van der Waals surface area contributed by atoms with Crippen LogP contribution in [0, 0.1) is 20.8 Å². The summed E-state index contributed by atoms with van der Waals surface area (Å²) >= 11 is 0. The maximum atomic E-state index is 6.01. The molecule has 3 N–H and O–H groups in total. The summed E-state index contributed by atoms with van der Waals surface area (Å²) in [6.07, 6.45) is 0. The Hall–Kier alpha value is -2.24. The molecule has 1 atom stereocenters. The van der Waals surface area contributed by atoms with Crippen LogP contribution in [0.15, 0.2) is 34.7 Å². The van der Waals surface area contributed by atoms with Gasteiger partial charge in [-0.1, -0.05) is 18.2 Å². The minimum absolute atomic E-state index is 0.244. The summed E-state index contributed by atoms with van der Waals surface area (Å²) in [5.41, 5.74) is 7.48. The second-order valence-electron chi connectivity index (χ2n) is 5.27. The molecule has 3 rings (SSSR count). The van der Waals surface area contributed by atoms with Gasteiger partial charge in [-0.15, -0.1) is 0 Å². The van der Waals surface area contributed by atoms with Crippen molar-refractivity contribution in [1.82, 2.24) is 15.6 Å². The molecule has 0 aliphatic rings. The molecule has 0 fully saturated rings. The van der Waals surface area contributed by atoms with E-state index in [1.165, 1.54) is 0 Å². The molecule has 5 heteroatoms. The normalized spacial score (nSPS) is 12.8. The summed E-state index contributed by atoms with van der Waals surface area (Å²) in [6.45, 7) is 5.86. The number of nitrogens with zero attached hydrogens (tertiary/aromatic N) is 2. The molecule has 0 bridgehead atoms. The second-order valence-corrected chi connectivity index (χ2v) is 5.27. The van der Waals surface area contributed by atoms with Gasteiger partial charge in [-0.2, -0.15) is 10.2 Å². The van der Waals surface area contributed by atoms with Crippen molar-refractivity contribution < 1.29 is 4.42 Å². The molecule has 3 aromatic rings. The Labute approximate surface area is 123 Å². The van der Waals surface area contributed by atoms with E-state index in [0.29, 0.717) is 0 Å². The molecule has 0 saturated carbocycles. The number of nitrogens with two attached hydrogens (primary N) is 1. The summed E-state index contributed by atoms with van der Waals surface area (Å²) in [4.78, 5) is 0. The Morgan fingerprint density at radius 1 is 1.14 bits per heavy atom. The fourth-order valence-corrected chi connectivity index (χ4v) is 2.56. The molecule has 0 radical (unpaired) electrons. The molecule has 0 aliphatic carbocycles. The topological polar surface area (TPSA) is 77.0 Å². The van der Waals surface area contributed by atoms with Crippen LogP contribution < -0.4 is 11.3 Å². The van der Waals surface area contributed by atoms with Gasteiger partial charge in [0.05, 0.1) is 11.4 Å². The number of furan rings is 1. The van der Waals surface area contributed by atoms with E-state index in [-0.39, 0.29) is 6.04 Å². The first kappa shape index (κ1) is 13.7. The molecule has 0 amide bonds. The number of para-hydroxylation sites is 1. The van der Waals surface area contributed by atoms with Crippen LogP contribution in [0.2, 0.25) is 0 Å². The molecule has 2 heterocycles. The molecule has 1 aromatic carbocycles. The van der Waals surface area contributed by atoms with Crippen molar-refractivity contribution in [2.75, 3.05) is 0 Å². The zero-order valence-corrected chi connectivity index (χ0v) is 12.3. The van der Waals surface area contributed by atoms with Crippen molar-refractivity contribution in [2.24, 2.45) is 5.84 Å². The first-order valence-electron chi connectivity index (χ1n) is 6.86. The second kappa shape index (κ2) is 5.27. The van der Waals surface area contributed by atoms with Crippen molar-refractivity contribution >= 4 is 11.0 Å². The molecule has 0 saturated heterocycles. The molecular formula is C16H18N4O. The Balaban J connectivity index is 2.13. The van der Waals surface area contributed by atoms with E-state index in [4.69, 9.17) is 10.3 Å². The molecule has 1 unspecified atom stereocenters. The number of rotatable bonds is 3. The fraction of sp³-hybridized carbons (Fsp3) is 0.250. The van der Waals surface area contributed by atoms with Gasteiger partial charge in [0.2, 0.25) is 0 Å². The zero-order chi connectivity index (χ0) is 15.0. The lowest BCUT2D eigenvalue weighted by Crippen LogP contribution is -2.29. The standard InChI is InChI=1S/C16H18N4O/c1-9-5-4-6-12-8-14(21-16(9)12)15(18-17)13-7-10(2)19-20-11(13)3/h4-8,15,18H,17H2,1-3H3. The van der Waals surface area contributed by atoms with E-state index in [2.05, 4.69) is 15.6 Å². The number of hydrogen-bond donors (Lipinski definition) is 2. The number of aryl methyl sites for hydroxylation is 3. The number of benzene rings is 1. The highest BCUT2D eigenvalue weighted by Crippen LogP contribution is 2.30. The number of hydrazine groups is 1. The average Bonchev–Trinajstić information content (AvgIpc) is 2.89. The molecule has 0 spiro atoms. The quantitative estimate of drug-likeness (QED) is 0.570. The van der Waals surface area contributed by atoms with Crippen LogP contribution >= 0.6 is 0 Å². The van der Waals surface area contributed by atoms with Crippen molar-refractivity contribution in [3.63, 3.8) is 0 Å². The van der Waals surface area contributed by atoms with E-state index in [9.17, 15) is 0 Å². The van der Waals surface area contributed by atoms with Crippen molar-refractivity contribution in [2.45, 2.75) is 26.8 Å². The van der Waals surface area contributed by atoms with Crippen molar-refractivity contribution in [3.8, 4) is 0 Å². The monoisotopic (exact) mass is 282 g/mol. The molecule has 108 valence electrons. The van der Waals surface area contributed by atoms with E-state index < -0.39 is 0 Å². The first-order valence-corrected chi connectivity index (χ1v) is 6.86. The Kier molecular flexibility index (Phi) is 3.45. The van der Waals surface area contributed by atoms with Crippen LogP contribution in [0.3, 0.4) is 0 Å². The van der Waals surface area contributed by atoms with E-state index >= 15 is 0 Å². The van der Waals surface area contributed by atoms with E-state index in [1.807, 2.05) is 51.1 Å². The van der Waals surface area contributed by atoms with Gasteiger partial charge in [-0.25, -0.2) is 5.43 Å². The third-order valence-electron chi connectivity index (χ3n) is 3.66. The highest BCUT2D eigenvalue weighted by Gasteiger charge is 2.20. The SMILES string of the molecule is Cc1cc(C(NN)c2cc3cccc(C)c3o2)c(C)nn1. The highest BCUT2D eigenvalue weighted by atomic mass is 16.3. The predicted molar refractivity (Wildman–Crippen MR) is 81.6 cm³/mol. The summed E-state index contributed by atoms with van der Waals surface area (Å²) in [5, 5.41) is 9.29.